The molecule has 6 aromatic carbocycles. The number of carbonyl (C=O) groups is 2. The van der Waals surface area contributed by atoms with Crippen LogP contribution >= 0.6 is 15.9 Å². The number of esters is 2. The van der Waals surface area contributed by atoms with Gasteiger partial charge in [-0.25, -0.2) is 0 Å². The molecule has 558 valence electrons. The summed E-state index contributed by atoms with van der Waals surface area (Å²) >= 11 is 3.71. The van der Waals surface area contributed by atoms with Gasteiger partial charge in [0.25, 0.3) is 0 Å². The molecule has 9 N–H and O–H groups in total. The van der Waals surface area contributed by atoms with Crippen molar-refractivity contribution in [1.29, 1.82) is 0 Å². The third-order valence-corrected chi connectivity index (χ3v) is 20.8. The quantitative estimate of drug-likeness (QED) is 0.0371. The van der Waals surface area contributed by atoms with Gasteiger partial charge in [0.2, 0.25) is 0 Å². The van der Waals surface area contributed by atoms with Crippen molar-refractivity contribution in [2.24, 2.45) is 23.7 Å². The summed E-state index contributed by atoms with van der Waals surface area (Å²) in [5, 5.41) is 55.9. The Bertz CT molecular complexity index is 3670. The number of ether oxygens (including phenoxy) is 11. The number of aliphatic hydroxyl groups is 4. The van der Waals surface area contributed by atoms with Gasteiger partial charge in [-0.05, 0) is 167 Å². The minimum atomic E-state index is -1.40. The van der Waals surface area contributed by atoms with E-state index in [-0.39, 0.29) is 90.2 Å². The van der Waals surface area contributed by atoms with Crippen LogP contribution < -0.4 is 47.3 Å². The third kappa shape index (κ3) is 21.7. The zero-order valence-corrected chi connectivity index (χ0v) is 63.1. The zero-order valence-electron chi connectivity index (χ0n) is 61.6. The van der Waals surface area contributed by atoms with Gasteiger partial charge in [-0.3, -0.25) is 9.59 Å². The van der Waals surface area contributed by atoms with Crippen molar-refractivity contribution >= 4 is 35.0 Å². The second-order valence-corrected chi connectivity index (χ2v) is 27.7. The van der Waals surface area contributed by atoms with E-state index >= 15 is 0 Å². The Morgan fingerprint density at radius 2 is 0.796 bits per heavy atom. The van der Waals surface area contributed by atoms with Crippen molar-refractivity contribution in [3.05, 3.63) is 175 Å². The molecule has 12 rings (SSSR count). The van der Waals surface area contributed by atoms with E-state index in [0.717, 1.165) is 111 Å². The number of aliphatic hydroxyl groups excluding tert-OH is 4. The topological polar surface area (TPSA) is 319 Å². The van der Waals surface area contributed by atoms with Crippen molar-refractivity contribution in [3.8, 4) is 34.5 Å². The zero-order chi connectivity index (χ0) is 71.9. The Morgan fingerprint density at radius 1 is 0.456 bits per heavy atom. The van der Waals surface area contributed by atoms with E-state index in [1.807, 2.05) is 54.6 Å². The van der Waals surface area contributed by atoms with Gasteiger partial charge >= 0.3 is 37.9 Å². The van der Waals surface area contributed by atoms with Gasteiger partial charge in [-0.1, -0.05) is 145 Å². The summed E-state index contributed by atoms with van der Waals surface area (Å²) in [6.45, 7) is 24.9. The monoisotopic (exact) mass is 1490 g/mol. The van der Waals surface area contributed by atoms with Gasteiger partial charge in [0, 0.05) is 30.2 Å². The summed E-state index contributed by atoms with van der Waals surface area (Å²) in [4.78, 5) is 23.8. The second kappa shape index (κ2) is 40.5. The first-order valence-electron chi connectivity index (χ1n) is 35.6. The van der Waals surface area contributed by atoms with Crippen LogP contribution in [0.15, 0.2) is 114 Å². The molecule has 3 saturated heterocycles. The van der Waals surface area contributed by atoms with Gasteiger partial charge in [-0.2, -0.15) is 0 Å². The van der Waals surface area contributed by atoms with Gasteiger partial charge < -0.3 is 93.5 Å². The maximum absolute atomic E-state index is 11.9. The number of benzene rings is 6. The molecule has 6 aromatic rings. The molecule has 0 bridgehead atoms. The van der Waals surface area contributed by atoms with Gasteiger partial charge in [0.1, 0.15) is 94.6 Å². The molecule has 24 heteroatoms. The third-order valence-electron chi connectivity index (χ3n) is 20.1. The average molecular weight is 1490 g/mol. The van der Waals surface area contributed by atoms with Gasteiger partial charge in [-0.15, -0.1) is 0 Å². The predicted octanol–water partition coefficient (Wildman–Crippen LogP) is 8.14. The fourth-order valence-electron chi connectivity index (χ4n) is 14.0. The molecule has 6 heterocycles. The van der Waals surface area contributed by atoms with Crippen LogP contribution in [0.4, 0.5) is 0 Å². The number of fused-ring (bicyclic) bond motifs is 3. The SMILES string of the molecule is CCB(O)O.CC[C@H]1O[C@@H](c2ccc(Br)c(Cc3ccc4c(c3)OCCO4)c2)C(OC(C)=O)[C@@H](C)C1C.CCc1ccc([C@@H]2O[C@H](CC)C(C)[C@H](C)C2OC(C)=O)cc1Cc1ccc2c(c1)OCCO2.CCc1ccc([C@@H]2O[C@H](CO)[C@@H](O)[C@H](O)[C@H]2O)cc1Cc1ccc2c(c1)OCCO2.O.[Li+].[OH-]. The molecule has 3 fully saturated rings. The average Bonchev–Trinajstić information content (AvgIpc) is 0.811. The summed E-state index contributed by atoms with van der Waals surface area (Å²) in [6.07, 6.45) is -0.465. The number of aryl methyl sites for hydroxylation is 2. The van der Waals surface area contributed by atoms with Gasteiger partial charge in [0.05, 0.1) is 18.8 Å². The second-order valence-electron chi connectivity index (χ2n) is 26.8. The maximum Gasteiger partial charge on any atom is 1.00 e. The van der Waals surface area contributed by atoms with E-state index in [9.17, 15) is 30.0 Å². The molecule has 15 atom stereocenters. The molecular formula is C79H105BBrLiO21. The van der Waals surface area contributed by atoms with Crippen LogP contribution in [0.5, 0.6) is 34.5 Å². The summed E-state index contributed by atoms with van der Waals surface area (Å²) in [5.74, 6) is 5.21. The Morgan fingerprint density at radius 3 is 1.15 bits per heavy atom. The first-order valence-corrected chi connectivity index (χ1v) is 36.3. The molecular weight excluding hydrogens is 1380 g/mol. The maximum atomic E-state index is 11.9. The van der Waals surface area contributed by atoms with Crippen LogP contribution in [0.3, 0.4) is 0 Å². The first-order chi connectivity index (χ1) is 48.1. The molecule has 6 aliphatic heterocycles. The fourth-order valence-corrected chi connectivity index (χ4v) is 14.4. The van der Waals surface area contributed by atoms with Crippen LogP contribution in [0.1, 0.15) is 169 Å². The summed E-state index contributed by atoms with van der Waals surface area (Å²) in [7, 11) is -1.12. The number of halogens is 1. The molecule has 103 heavy (non-hydrogen) atoms. The molecule has 21 nitrogen and oxygen atoms in total. The summed E-state index contributed by atoms with van der Waals surface area (Å²) < 4.78 is 65.5. The van der Waals surface area contributed by atoms with Crippen molar-refractivity contribution in [2.75, 3.05) is 46.2 Å². The Balaban J connectivity index is 0.000000231. The first kappa shape index (κ1) is 85.7. The van der Waals surface area contributed by atoms with Crippen LogP contribution in [0.2, 0.25) is 6.32 Å². The molecule has 0 spiro atoms. The molecule has 0 amide bonds. The van der Waals surface area contributed by atoms with Gasteiger partial charge in [0.15, 0.2) is 34.5 Å². The molecule has 0 aliphatic carbocycles. The Labute approximate surface area is 627 Å². The van der Waals surface area contributed by atoms with Crippen molar-refractivity contribution in [2.45, 2.75) is 195 Å². The van der Waals surface area contributed by atoms with E-state index in [0.29, 0.717) is 69.8 Å². The van der Waals surface area contributed by atoms with E-state index in [4.69, 9.17) is 62.2 Å². The Hall–Kier alpha value is -6.24. The van der Waals surface area contributed by atoms with Crippen molar-refractivity contribution < 1.29 is 122 Å². The molecule has 0 radical (unpaired) electrons. The molecule has 0 saturated carbocycles. The number of rotatable bonds is 17. The van der Waals surface area contributed by atoms with Crippen molar-refractivity contribution in [1.82, 2.24) is 0 Å². The van der Waals surface area contributed by atoms with Crippen LogP contribution in [0, 0.1) is 23.7 Å². The minimum absolute atomic E-state index is 0. The largest absolute Gasteiger partial charge is 1.00 e. The van der Waals surface area contributed by atoms with Crippen molar-refractivity contribution in [3.63, 3.8) is 0 Å². The van der Waals surface area contributed by atoms with E-state index in [2.05, 4.69) is 126 Å². The molecule has 4 unspecified atom stereocenters. The predicted molar refractivity (Wildman–Crippen MR) is 389 cm³/mol. The molecule has 6 aliphatic rings. The van der Waals surface area contributed by atoms with Crippen LogP contribution in [-0.4, -0.2) is 156 Å². The smallest absolute Gasteiger partial charge is 0.870 e. The Kier molecular flexibility index (Phi) is 33.7. The van der Waals surface area contributed by atoms with E-state index in [1.54, 1.807) is 6.92 Å². The number of carbonyl (C=O) groups excluding carboxylic acids is 2. The minimum Gasteiger partial charge on any atom is -0.870 e. The number of hydrogen-bond acceptors (Lipinski definition) is 20. The standard InChI is InChI=1S/C28H36O5.C26H31BrO5.C23H28O7.C2H7BO2.Li.2H2O/c1-6-21-9-10-22(28-27(32-19(5)29)18(4)17(3)24(7-2)33-28)16-23(21)14-20-8-11-25-26(15-20)31-13-12-30-25;1-5-22-15(2)16(3)25(31-17(4)28)26(32-22)19-7-8-21(27)20(14-19)12-18-6-9-23-24(13-18)30-11-10-29-23;1-2-14-4-5-15(23-22(27)21(26)20(25)19(12-24)30-23)11-16(14)9-13-3-6-17-18(10-13)29-8-7-28-17;1-2-3(4)5;;;/h8-11,15-18,24,27-28H,6-7,12-14H2,1-5H3;6-9,13-16,22,25-26H,5,10-12H2,1-4H3;3-6,10-11,19-27H,2,7-9,12H2,1H3;4-5H,2H2,1H3;;2*1H2/q;;;;+1;;/p-1/t17?,18-,24+,27?,28-;15?,16-,22+,25?,26-;19-,20-,21+,22-,23+;;;;/m001..../s1. The normalized spacial score (nSPS) is 25.6. The number of hydrogen-bond donors (Lipinski definition) is 6. The summed E-state index contributed by atoms with van der Waals surface area (Å²) in [6, 6.07) is 36.8. The summed E-state index contributed by atoms with van der Waals surface area (Å²) in [5.41, 5.74) is 12.1. The van der Waals surface area contributed by atoms with Crippen LogP contribution in [0.25, 0.3) is 0 Å². The van der Waals surface area contributed by atoms with E-state index < -0.39 is 44.2 Å². The van der Waals surface area contributed by atoms with E-state index in [1.165, 1.54) is 36.1 Å². The molecule has 0 aromatic heterocycles. The van der Waals surface area contributed by atoms with Crippen LogP contribution in [-0.2, 0) is 65.4 Å². The fraction of sp³-hybridized carbons (Fsp3) is 0.519.